The van der Waals surface area contributed by atoms with Crippen LogP contribution in [0.4, 0.5) is 0 Å². The Morgan fingerprint density at radius 2 is 2.29 bits per heavy atom. The number of halogens is 1. The van der Waals surface area contributed by atoms with Gasteiger partial charge in [-0.3, -0.25) is 0 Å². The lowest BCUT2D eigenvalue weighted by Crippen LogP contribution is -1.98. The largest absolute Gasteiger partial charge is 0.496 e. The van der Waals surface area contributed by atoms with Crippen LogP contribution in [0.3, 0.4) is 0 Å². The second-order valence-corrected chi connectivity index (χ2v) is 3.93. The molecule has 0 saturated heterocycles. The summed E-state index contributed by atoms with van der Waals surface area (Å²) in [5, 5.41) is 12.0. The zero-order chi connectivity index (χ0) is 12.4. The molecule has 0 amide bonds. The maximum Gasteiger partial charge on any atom is 0.377 e. The van der Waals surface area contributed by atoms with Crippen LogP contribution in [0.25, 0.3) is 11.5 Å². The first kappa shape index (κ1) is 11.6. The summed E-state index contributed by atoms with van der Waals surface area (Å²) in [6.07, 6.45) is 0. The smallest absolute Gasteiger partial charge is 0.377 e. The molecule has 1 heterocycles. The SMILES string of the molecule is COc1ccc(-c2nc(C(=O)O)no2)cc1Br. The minimum atomic E-state index is -1.23. The number of nitrogens with zero attached hydrogens (tertiary/aromatic N) is 2. The molecule has 1 aromatic heterocycles. The molecule has 6 nitrogen and oxygen atoms in total. The van der Waals surface area contributed by atoms with Crippen LogP contribution in [0.2, 0.25) is 0 Å². The van der Waals surface area contributed by atoms with Crippen LogP contribution in [-0.2, 0) is 0 Å². The van der Waals surface area contributed by atoms with Gasteiger partial charge in [0.15, 0.2) is 0 Å². The van der Waals surface area contributed by atoms with Crippen LogP contribution < -0.4 is 4.74 Å². The number of aromatic nitrogens is 2. The third-order valence-electron chi connectivity index (χ3n) is 2.02. The van der Waals surface area contributed by atoms with Gasteiger partial charge in [-0.05, 0) is 39.3 Å². The number of methoxy groups -OCH3 is 1. The molecular formula is C10H7BrN2O4. The molecule has 2 rings (SSSR count). The minimum Gasteiger partial charge on any atom is -0.496 e. The summed E-state index contributed by atoms with van der Waals surface area (Å²) in [4.78, 5) is 14.3. The maximum absolute atomic E-state index is 10.6. The Morgan fingerprint density at radius 1 is 1.53 bits per heavy atom. The van der Waals surface area contributed by atoms with Crippen molar-refractivity contribution in [3.05, 3.63) is 28.5 Å². The molecule has 0 radical (unpaired) electrons. The highest BCUT2D eigenvalue weighted by atomic mass is 79.9. The van der Waals surface area contributed by atoms with E-state index < -0.39 is 5.97 Å². The lowest BCUT2D eigenvalue weighted by molar-refractivity contribution is 0.0680. The molecule has 0 fully saturated rings. The van der Waals surface area contributed by atoms with Crippen molar-refractivity contribution in [3.8, 4) is 17.2 Å². The molecule has 0 unspecified atom stereocenters. The number of carbonyl (C=O) groups is 1. The summed E-state index contributed by atoms with van der Waals surface area (Å²) in [5.41, 5.74) is 0.609. The van der Waals surface area contributed by atoms with Gasteiger partial charge in [-0.15, -0.1) is 0 Å². The molecule has 0 bridgehead atoms. The third-order valence-corrected chi connectivity index (χ3v) is 2.64. The van der Waals surface area contributed by atoms with Gasteiger partial charge in [0.05, 0.1) is 11.6 Å². The minimum absolute atomic E-state index is 0.144. The Kier molecular flexibility index (Phi) is 3.10. The van der Waals surface area contributed by atoms with Crippen LogP contribution in [0.15, 0.2) is 27.2 Å². The third kappa shape index (κ3) is 2.28. The van der Waals surface area contributed by atoms with E-state index in [4.69, 9.17) is 14.4 Å². The van der Waals surface area contributed by atoms with Crippen LogP contribution in [0, 0.1) is 0 Å². The fourth-order valence-corrected chi connectivity index (χ4v) is 1.77. The van der Waals surface area contributed by atoms with E-state index in [1.54, 1.807) is 25.3 Å². The predicted molar refractivity (Wildman–Crippen MR) is 60.9 cm³/mol. The Bertz CT molecular complexity index is 567. The van der Waals surface area contributed by atoms with Gasteiger partial charge in [-0.25, -0.2) is 4.79 Å². The van der Waals surface area contributed by atoms with Crippen molar-refractivity contribution < 1.29 is 19.2 Å². The normalized spacial score (nSPS) is 10.2. The molecule has 0 aliphatic rings. The average molecular weight is 299 g/mol. The predicted octanol–water partition coefficient (Wildman–Crippen LogP) is 2.21. The fourth-order valence-electron chi connectivity index (χ4n) is 1.23. The van der Waals surface area contributed by atoms with E-state index in [0.29, 0.717) is 15.8 Å². The highest BCUT2D eigenvalue weighted by Crippen LogP contribution is 2.29. The topological polar surface area (TPSA) is 85.5 Å². The van der Waals surface area contributed by atoms with Crippen LogP contribution in [0.1, 0.15) is 10.6 Å². The number of hydrogen-bond donors (Lipinski definition) is 1. The highest BCUT2D eigenvalue weighted by molar-refractivity contribution is 9.10. The quantitative estimate of drug-likeness (QED) is 0.935. The molecule has 0 aliphatic heterocycles. The molecule has 0 saturated carbocycles. The van der Waals surface area contributed by atoms with E-state index in [-0.39, 0.29) is 11.7 Å². The van der Waals surface area contributed by atoms with E-state index in [1.807, 2.05) is 0 Å². The number of rotatable bonds is 3. The Hall–Kier alpha value is -1.89. The summed E-state index contributed by atoms with van der Waals surface area (Å²) in [6.45, 7) is 0. The first-order chi connectivity index (χ1) is 8.11. The monoisotopic (exact) mass is 298 g/mol. The zero-order valence-corrected chi connectivity index (χ0v) is 10.3. The van der Waals surface area contributed by atoms with Gasteiger partial charge in [-0.2, -0.15) is 4.98 Å². The molecule has 17 heavy (non-hydrogen) atoms. The molecule has 0 aliphatic carbocycles. The van der Waals surface area contributed by atoms with Crippen molar-refractivity contribution in [3.63, 3.8) is 0 Å². The van der Waals surface area contributed by atoms with Gasteiger partial charge < -0.3 is 14.4 Å². The fraction of sp³-hybridized carbons (Fsp3) is 0.100. The first-order valence-electron chi connectivity index (χ1n) is 4.52. The summed E-state index contributed by atoms with van der Waals surface area (Å²) in [5.74, 6) is -0.794. The van der Waals surface area contributed by atoms with Gasteiger partial charge in [0.25, 0.3) is 11.7 Å². The van der Waals surface area contributed by atoms with Crippen molar-refractivity contribution in [1.29, 1.82) is 0 Å². The Morgan fingerprint density at radius 3 is 2.82 bits per heavy atom. The molecule has 1 aromatic carbocycles. The molecule has 2 aromatic rings. The summed E-state index contributed by atoms with van der Waals surface area (Å²) < 4.78 is 10.6. The lowest BCUT2D eigenvalue weighted by atomic mass is 10.2. The maximum atomic E-state index is 10.6. The molecule has 0 atom stereocenters. The Balaban J connectivity index is 2.39. The standard InChI is InChI=1S/C10H7BrN2O4/c1-16-7-3-2-5(4-6(7)11)9-12-8(10(14)15)13-17-9/h2-4H,1H3,(H,14,15). The summed E-state index contributed by atoms with van der Waals surface area (Å²) in [6, 6.07) is 5.12. The van der Waals surface area contributed by atoms with E-state index in [1.165, 1.54) is 0 Å². The summed E-state index contributed by atoms with van der Waals surface area (Å²) in [7, 11) is 1.55. The lowest BCUT2D eigenvalue weighted by Gasteiger charge is -2.03. The van der Waals surface area contributed by atoms with Gasteiger partial charge in [0.2, 0.25) is 0 Å². The molecule has 0 spiro atoms. The van der Waals surface area contributed by atoms with Gasteiger partial charge in [0.1, 0.15) is 5.75 Å². The summed E-state index contributed by atoms with van der Waals surface area (Å²) >= 11 is 3.31. The van der Waals surface area contributed by atoms with Crippen LogP contribution in [0.5, 0.6) is 5.75 Å². The highest BCUT2D eigenvalue weighted by Gasteiger charge is 2.15. The molecule has 1 N–H and O–H groups in total. The van der Waals surface area contributed by atoms with Crippen LogP contribution >= 0.6 is 15.9 Å². The second-order valence-electron chi connectivity index (χ2n) is 3.08. The molecule has 7 heteroatoms. The second kappa shape index (κ2) is 4.54. The van der Waals surface area contributed by atoms with Gasteiger partial charge >= 0.3 is 5.97 Å². The molecular weight excluding hydrogens is 292 g/mol. The van der Waals surface area contributed by atoms with Crippen molar-refractivity contribution in [2.45, 2.75) is 0 Å². The number of aromatic carboxylic acids is 1. The Labute approximate surface area is 104 Å². The van der Waals surface area contributed by atoms with E-state index in [9.17, 15) is 4.79 Å². The van der Waals surface area contributed by atoms with Gasteiger partial charge in [0, 0.05) is 5.56 Å². The van der Waals surface area contributed by atoms with Crippen molar-refractivity contribution >= 4 is 21.9 Å². The number of hydrogen-bond acceptors (Lipinski definition) is 5. The van der Waals surface area contributed by atoms with Gasteiger partial charge in [-0.1, -0.05) is 0 Å². The number of carboxylic acids is 1. The molecule has 88 valence electrons. The number of ether oxygens (including phenoxy) is 1. The average Bonchev–Trinajstić information content (AvgIpc) is 2.78. The van der Waals surface area contributed by atoms with Crippen molar-refractivity contribution in [2.24, 2.45) is 0 Å². The van der Waals surface area contributed by atoms with Crippen molar-refractivity contribution in [1.82, 2.24) is 10.1 Å². The van der Waals surface area contributed by atoms with E-state index >= 15 is 0 Å². The number of benzene rings is 1. The zero-order valence-electron chi connectivity index (χ0n) is 8.68. The van der Waals surface area contributed by atoms with E-state index in [0.717, 1.165) is 0 Å². The number of carboxylic acid groups (broad SMARTS) is 1. The van der Waals surface area contributed by atoms with Crippen molar-refractivity contribution in [2.75, 3.05) is 7.11 Å². The first-order valence-corrected chi connectivity index (χ1v) is 5.32. The van der Waals surface area contributed by atoms with E-state index in [2.05, 4.69) is 26.1 Å². The van der Waals surface area contributed by atoms with Crippen LogP contribution in [-0.4, -0.2) is 28.3 Å².